The lowest BCUT2D eigenvalue weighted by molar-refractivity contribution is 0.336. The van der Waals surface area contributed by atoms with Gasteiger partial charge in [-0.25, -0.2) is 0 Å². The lowest BCUT2D eigenvalue weighted by atomic mass is 10.2. The first-order chi connectivity index (χ1) is 7.19. The summed E-state index contributed by atoms with van der Waals surface area (Å²) in [6.45, 7) is 6.19. The van der Waals surface area contributed by atoms with Crippen LogP contribution in [-0.2, 0) is 6.54 Å². The maximum atomic E-state index is 6.06. The van der Waals surface area contributed by atoms with Crippen molar-refractivity contribution in [3.63, 3.8) is 0 Å². The van der Waals surface area contributed by atoms with Gasteiger partial charge in [0.05, 0.1) is 11.6 Å². The number of halogens is 3. The summed E-state index contributed by atoms with van der Waals surface area (Å²) in [5.74, 6) is 0.726. The maximum absolute atomic E-state index is 6.06. The quantitative estimate of drug-likeness (QED) is 0.885. The molecule has 0 fully saturated rings. The van der Waals surface area contributed by atoms with Gasteiger partial charge in [-0.3, -0.25) is 0 Å². The SMILES string of the molecule is CCNCc1cc(Cl)cc(Cl)c1OCC.Cl. The maximum Gasteiger partial charge on any atom is 0.142 e. The molecule has 0 aliphatic carbocycles. The predicted octanol–water partition coefficient (Wildman–Crippen LogP) is 3.92. The molecule has 0 spiro atoms. The molecule has 5 heteroatoms. The fourth-order valence-corrected chi connectivity index (χ4v) is 1.90. The summed E-state index contributed by atoms with van der Waals surface area (Å²) in [5, 5.41) is 4.42. The van der Waals surface area contributed by atoms with Crippen molar-refractivity contribution in [3.05, 3.63) is 27.7 Å². The second-order valence-electron chi connectivity index (χ2n) is 3.09. The minimum absolute atomic E-state index is 0. The molecule has 0 atom stereocenters. The van der Waals surface area contributed by atoms with Gasteiger partial charge in [-0.05, 0) is 25.6 Å². The molecule has 0 aromatic heterocycles. The van der Waals surface area contributed by atoms with Crippen LogP contribution in [0.3, 0.4) is 0 Å². The highest BCUT2D eigenvalue weighted by Crippen LogP contribution is 2.32. The second kappa shape index (κ2) is 8.02. The van der Waals surface area contributed by atoms with Crippen LogP contribution in [0.5, 0.6) is 5.75 Å². The van der Waals surface area contributed by atoms with Gasteiger partial charge in [0.2, 0.25) is 0 Å². The first-order valence-electron chi connectivity index (χ1n) is 5.00. The van der Waals surface area contributed by atoms with Crippen molar-refractivity contribution in [3.8, 4) is 5.75 Å². The van der Waals surface area contributed by atoms with Gasteiger partial charge in [-0.1, -0.05) is 30.1 Å². The number of hydrogen-bond acceptors (Lipinski definition) is 2. The molecule has 0 saturated carbocycles. The zero-order valence-corrected chi connectivity index (χ0v) is 11.7. The van der Waals surface area contributed by atoms with E-state index in [0.29, 0.717) is 23.2 Å². The Kier molecular flexibility index (Phi) is 7.94. The van der Waals surface area contributed by atoms with Crippen LogP contribution >= 0.6 is 35.6 Å². The Morgan fingerprint density at radius 1 is 1.25 bits per heavy atom. The molecular formula is C11H16Cl3NO. The summed E-state index contributed by atoms with van der Waals surface area (Å²) >= 11 is 12.0. The van der Waals surface area contributed by atoms with Crippen molar-refractivity contribution < 1.29 is 4.74 Å². The zero-order chi connectivity index (χ0) is 11.3. The second-order valence-corrected chi connectivity index (χ2v) is 3.93. The summed E-state index contributed by atoms with van der Waals surface area (Å²) in [7, 11) is 0. The molecule has 0 unspecified atom stereocenters. The Hall–Kier alpha value is -0.150. The molecule has 0 amide bonds. The molecule has 0 aliphatic rings. The van der Waals surface area contributed by atoms with E-state index in [1.807, 2.05) is 19.9 Å². The molecule has 1 aromatic rings. The van der Waals surface area contributed by atoms with Crippen LogP contribution in [0, 0.1) is 0 Å². The van der Waals surface area contributed by atoms with E-state index < -0.39 is 0 Å². The monoisotopic (exact) mass is 283 g/mol. The molecule has 1 rings (SSSR count). The Morgan fingerprint density at radius 3 is 2.50 bits per heavy atom. The molecule has 0 saturated heterocycles. The third-order valence-corrected chi connectivity index (χ3v) is 2.44. The van der Waals surface area contributed by atoms with E-state index in [4.69, 9.17) is 27.9 Å². The molecule has 1 N–H and O–H groups in total. The van der Waals surface area contributed by atoms with Gasteiger partial charge in [-0.2, -0.15) is 0 Å². The number of rotatable bonds is 5. The van der Waals surface area contributed by atoms with Gasteiger partial charge in [0.15, 0.2) is 0 Å². The average molecular weight is 285 g/mol. The van der Waals surface area contributed by atoms with Crippen LogP contribution in [0.4, 0.5) is 0 Å². The van der Waals surface area contributed by atoms with E-state index in [9.17, 15) is 0 Å². The van der Waals surface area contributed by atoms with Crippen molar-refractivity contribution in [2.45, 2.75) is 20.4 Å². The summed E-state index contributed by atoms with van der Waals surface area (Å²) in [5.41, 5.74) is 0.996. The fourth-order valence-electron chi connectivity index (χ4n) is 1.31. The van der Waals surface area contributed by atoms with Crippen LogP contribution in [-0.4, -0.2) is 13.2 Å². The molecule has 2 nitrogen and oxygen atoms in total. The normalized spacial score (nSPS) is 9.75. The highest BCUT2D eigenvalue weighted by Gasteiger charge is 2.09. The lowest BCUT2D eigenvalue weighted by Crippen LogP contribution is -2.13. The van der Waals surface area contributed by atoms with E-state index in [1.165, 1.54) is 0 Å². The van der Waals surface area contributed by atoms with Crippen molar-refractivity contribution in [2.75, 3.05) is 13.2 Å². The van der Waals surface area contributed by atoms with E-state index in [-0.39, 0.29) is 12.4 Å². The summed E-state index contributed by atoms with van der Waals surface area (Å²) in [6, 6.07) is 3.57. The minimum atomic E-state index is 0. The van der Waals surface area contributed by atoms with Gasteiger partial charge in [0.1, 0.15) is 5.75 Å². The van der Waals surface area contributed by atoms with Crippen LogP contribution in [0.2, 0.25) is 10.0 Å². The number of benzene rings is 1. The first-order valence-corrected chi connectivity index (χ1v) is 5.76. The van der Waals surface area contributed by atoms with Crippen molar-refractivity contribution >= 4 is 35.6 Å². The van der Waals surface area contributed by atoms with Gasteiger partial charge < -0.3 is 10.1 Å². The molecular weight excluding hydrogens is 268 g/mol. The van der Waals surface area contributed by atoms with Crippen molar-refractivity contribution in [1.82, 2.24) is 5.32 Å². The highest BCUT2D eigenvalue weighted by atomic mass is 35.5. The zero-order valence-electron chi connectivity index (χ0n) is 9.35. The molecule has 0 bridgehead atoms. The van der Waals surface area contributed by atoms with Crippen LogP contribution in [0.1, 0.15) is 19.4 Å². The molecule has 1 aromatic carbocycles. The van der Waals surface area contributed by atoms with Gasteiger partial charge in [0, 0.05) is 17.1 Å². The number of ether oxygens (including phenoxy) is 1. The molecule has 16 heavy (non-hydrogen) atoms. The van der Waals surface area contributed by atoms with Crippen LogP contribution in [0.15, 0.2) is 12.1 Å². The first kappa shape index (κ1) is 15.9. The van der Waals surface area contributed by atoms with Gasteiger partial charge in [-0.15, -0.1) is 12.4 Å². The Labute approximate surface area is 113 Å². The predicted molar refractivity (Wildman–Crippen MR) is 72.3 cm³/mol. The lowest BCUT2D eigenvalue weighted by Gasteiger charge is -2.12. The third kappa shape index (κ3) is 4.38. The highest BCUT2D eigenvalue weighted by molar-refractivity contribution is 6.35. The van der Waals surface area contributed by atoms with Crippen molar-refractivity contribution in [1.29, 1.82) is 0 Å². The average Bonchev–Trinajstić information content (AvgIpc) is 2.19. The molecule has 0 radical (unpaired) electrons. The van der Waals surface area contributed by atoms with Crippen LogP contribution in [0.25, 0.3) is 0 Å². The van der Waals surface area contributed by atoms with Gasteiger partial charge in [0.25, 0.3) is 0 Å². The number of nitrogens with one attached hydrogen (secondary N) is 1. The third-order valence-electron chi connectivity index (χ3n) is 1.94. The minimum Gasteiger partial charge on any atom is -0.492 e. The van der Waals surface area contributed by atoms with Gasteiger partial charge >= 0.3 is 0 Å². The van der Waals surface area contributed by atoms with E-state index >= 15 is 0 Å². The number of hydrogen-bond donors (Lipinski definition) is 1. The van der Waals surface area contributed by atoms with E-state index in [1.54, 1.807) is 6.07 Å². The molecule has 0 aliphatic heterocycles. The summed E-state index contributed by atoms with van der Waals surface area (Å²) in [6.07, 6.45) is 0. The topological polar surface area (TPSA) is 21.3 Å². The smallest absolute Gasteiger partial charge is 0.142 e. The van der Waals surface area contributed by atoms with E-state index in [0.717, 1.165) is 17.9 Å². The summed E-state index contributed by atoms with van der Waals surface area (Å²) in [4.78, 5) is 0. The largest absolute Gasteiger partial charge is 0.492 e. The standard InChI is InChI=1S/C11H15Cl2NO.ClH/c1-3-14-7-8-5-9(12)6-10(13)11(8)15-4-2;/h5-6,14H,3-4,7H2,1-2H3;1H. The Balaban J connectivity index is 0.00000225. The fraction of sp³-hybridized carbons (Fsp3) is 0.455. The Morgan fingerprint density at radius 2 is 1.94 bits per heavy atom. The van der Waals surface area contributed by atoms with E-state index in [2.05, 4.69) is 5.32 Å². The van der Waals surface area contributed by atoms with Crippen molar-refractivity contribution in [2.24, 2.45) is 0 Å². The summed E-state index contributed by atoms with van der Waals surface area (Å²) < 4.78 is 5.49. The Bertz CT molecular complexity index is 331. The van der Waals surface area contributed by atoms with Crippen LogP contribution < -0.4 is 10.1 Å². The molecule has 0 heterocycles. The molecule has 92 valence electrons.